The molecule has 1 aliphatic heterocycles. The maximum absolute atomic E-state index is 13.2. The van der Waals surface area contributed by atoms with E-state index >= 15 is 0 Å². The lowest BCUT2D eigenvalue weighted by atomic mass is 9.79. The Balaban J connectivity index is 1.42. The number of rotatable bonds is 6. The van der Waals surface area contributed by atoms with Crippen molar-refractivity contribution in [3.05, 3.63) is 28.7 Å². The standard InChI is InChI=1S/C23H32N6O2S/c1-15-11-19(27-22-24-13-16(2)32-22)26-21(25-15)18-7-10-29(14-18)20(31)12-23(28-17(3)30)8-5-4-6-9-23/h11,13,18H,4-10,12,14H2,1-3H3,(H,28,30)(H,24,25,26,27). The Kier molecular flexibility index (Phi) is 6.74. The van der Waals surface area contributed by atoms with Crippen molar-refractivity contribution in [3.63, 3.8) is 0 Å². The number of anilines is 2. The first-order chi connectivity index (χ1) is 15.3. The first-order valence-electron chi connectivity index (χ1n) is 11.4. The molecule has 1 saturated heterocycles. The number of carbonyl (C=O) groups excluding carboxylic acids is 2. The van der Waals surface area contributed by atoms with Crippen molar-refractivity contribution in [3.8, 4) is 0 Å². The number of likely N-dealkylation sites (tertiary alicyclic amines) is 1. The first-order valence-corrected chi connectivity index (χ1v) is 12.3. The molecule has 172 valence electrons. The highest BCUT2D eigenvalue weighted by molar-refractivity contribution is 7.15. The van der Waals surface area contributed by atoms with E-state index in [-0.39, 0.29) is 23.3 Å². The van der Waals surface area contributed by atoms with Gasteiger partial charge in [0.1, 0.15) is 11.6 Å². The molecule has 32 heavy (non-hydrogen) atoms. The second kappa shape index (κ2) is 9.52. The van der Waals surface area contributed by atoms with Crippen LogP contribution in [-0.2, 0) is 9.59 Å². The molecule has 3 heterocycles. The van der Waals surface area contributed by atoms with Crippen molar-refractivity contribution in [2.75, 3.05) is 18.4 Å². The van der Waals surface area contributed by atoms with Crippen molar-refractivity contribution in [2.24, 2.45) is 0 Å². The molecule has 0 aromatic carbocycles. The van der Waals surface area contributed by atoms with Crippen LogP contribution < -0.4 is 10.6 Å². The van der Waals surface area contributed by atoms with Crippen LogP contribution in [0, 0.1) is 13.8 Å². The van der Waals surface area contributed by atoms with Gasteiger partial charge in [0.15, 0.2) is 5.13 Å². The molecular formula is C23H32N6O2S. The summed E-state index contributed by atoms with van der Waals surface area (Å²) in [5.41, 5.74) is 0.504. The molecule has 2 aromatic heterocycles. The summed E-state index contributed by atoms with van der Waals surface area (Å²) in [4.78, 5) is 41.8. The molecule has 0 radical (unpaired) electrons. The summed E-state index contributed by atoms with van der Waals surface area (Å²) in [6, 6.07) is 1.92. The van der Waals surface area contributed by atoms with Crippen LogP contribution in [-0.4, -0.2) is 50.3 Å². The van der Waals surface area contributed by atoms with Gasteiger partial charge < -0.3 is 15.5 Å². The predicted octanol–water partition coefficient (Wildman–Crippen LogP) is 3.84. The van der Waals surface area contributed by atoms with Gasteiger partial charge in [0.2, 0.25) is 11.8 Å². The number of hydrogen-bond donors (Lipinski definition) is 2. The molecule has 2 fully saturated rings. The van der Waals surface area contributed by atoms with Gasteiger partial charge in [0.05, 0.1) is 0 Å². The third-order valence-electron chi connectivity index (χ3n) is 6.38. The average Bonchev–Trinajstić information content (AvgIpc) is 3.37. The van der Waals surface area contributed by atoms with Crippen molar-refractivity contribution >= 4 is 34.1 Å². The second-order valence-corrected chi connectivity index (χ2v) is 10.4. The minimum absolute atomic E-state index is 0.0531. The average molecular weight is 457 g/mol. The summed E-state index contributed by atoms with van der Waals surface area (Å²) in [6.45, 7) is 6.84. The van der Waals surface area contributed by atoms with Gasteiger partial charge >= 0.3 is 0 Å². The van der Waals surface area contributed by atoms with Crippen molar-refractivity contribution in [2.45, 2.75) is 77.2 Å². The molecule has 2 aromatic rings. The molecule has 2 N–H and O–H groups in total. The molecule has 8 nitrogen and oxygen atoms in total. The molecule has 4 rings (SSSR count). The number of aryl methyl sites for hydroxylation is 2. The summed E-state index contributed by atoms with van der Waals surface area (Å²) in [7, 11) is 0. The number of amides is 2. The Labute approximate surface area is 193 Å². The summed E-state index contributed by atoms with van der Waals surface area (Å²) in [5, 5.41) is 7.19. The van der Waals surface area contributed by atoms with Crippen molar-refractivity contribution in [1.29, 1.82) is 0 Å². The molecule has 1 unspecified atom stereocenters. The van der Waals surface area contributed by atoms with E-state index in [2.05, 4.69) is 20.6 Å². The van der Waals surface area contributed by atoms with Crippen molar-refractivity contribution < 1.29 is 9.59 Å². The van der Waals surface area contributed by atoms with Gasteiger partial charge in [-0.05, 0) is 33.1 Å². The van der Waals surface area contributed by atoms with Gasteiger partial charge in [-0.15, -0.1) is 11.3 Å². The van der Waals surface area contributed by atoms with E-state index in [1.54, 1.807) is 18.3 Å². The molecule has 2 amide bonds. The fraction of sp³-hybridized carbons (Fsp3) is 0.609. The van der Waals surface area contributed by atoms with Crippen LogP contribution in [0.5, 0.6) is 0 Å². The SMILES string of the molecule is CC(=O)NC1(CC(=O)N2CCC(c3nc(C)cc(Nc4ncc(C)s4)n3)C2)CCCCC1. The largest absolute Gasteiger partial charge is 0.350 e. The summed E-state index contributed by atoms with van der Waals surface area (Å²) >= 11 is 1.59. The Morgan fingerprint density at radius 1 is 1.22 bits per heavy atom. The maximum Gasteiger partial charge on any atom is 0.224 e. The van der Waals surface area contributed by atoms with Crippen LogP contribution in [0.3, 0.4) is 0 Å². The lowest BCUT2D eigenvalue weighted by Gasteiger charge is -2.38. The Morgan fingerprint density at radius 3 is 2.69 bits per heavy atom. The van der Waals surface area contributed by atoms with Crippen LogP contribution >= 0.6 is 11.3 Å². The van der Waals surface area contributed by atoms with Crippen LogP contribution in [0.25, 0.3) is 0 Å². The smallest absolute Gasteiger partial charge is 0.224 e. The van der Waals surface area contributed by atoms with Crippen LogP contribution in [0.2, 0.25) is 0 Å². The fourth-order valence-electron chi connectivity index (χ4n) is 4.91. The second-order valence-electron chi connectivity index (χ2n) is 9.18. The zero-order valence-electron chi connectivity index (χ0n) is 19.1. The predicted molar refractivity (Wildman–Crippen MR) is 125 cm³/mol. The van der Waals surface area contributed by atoms with E-state index in [0.717, 1.165) is 59.4 Å². The van der Waals surface area contributed by atoms with Gasteiger partial charge in [-0.25, -0.2) is 15.0 Å². The van der Waals surface area contributed by atoms with Gasteiger partial charge in [0.25, 0.3) is 0 Å². The Bertz CT molecular complexity index is 985. The monoisotopic (exact) mass is 456 g/mol. The third kappa shape index (κ3) is 5.43. The van der Waals surface area contributed by atoms with Crippen LogP contribution in [0.1, 0.15) is 74.2 Å². The summed E-state index contributed by atoms with van der Waals surface area (Å²) in [6.07, 6.45) is 8.10. The lowest BCUT2D eigenvalue weighted by Crippen LogP contribution is -2.52. The molecule has 2 aliphatic rings. The van der Waals surface area contributed by atoms with E-state index in [9.17, 15) is 9.59 Å². The number of carbonyl (C=O) groups is 2. The quantitative estimate of drug-likeness (QED) is 0.685. The summed E-state index contributed by atoms with van der Waals surface area (Å²) < 4.78 is 0. The zero-order chi connectivity index (χ0) is 22.7. The number of nitrogens with zero attached hydrogens (tertiary/aromatic N) is 4. The Morgan fingerprint density at radius 2 is 2.00 bits per heavy atom. The highest BCUT2D eigenvalue weighted by Gasteiger charge is 2.38. The van der Waals surface area contributed by atoms with E-state index < -0.39 is 0 Å². The van der Waals surface area contributed by atoms with Gasteiger partial charge in [0, 0.05) is 60.7 Å². The maximum atomic E-state index is 13.2. The van der Waals surface area contributed by atoms with Crippen LogP contribution in [0.15, 0.2) is 12.3 Å². The number of aromatic nitrogens is 3. The minimum Gasteiger partial charge on any atom is -0.350 e. The van der Waals surface area contributed by atoms with Crippen LogP contribution in [0.4, 0.5) is 10.9 Å². The highest BCUT2D eigenvalue weighted by atomic mass is 32.1. The molecule has 0 spiro atoms. The molecule has 9 heteroatoms. The van der Waals surface area contributed by atoms with Gasteiger partial charge in [-0.2, -0.15) is 0 Å². The molecule has 1 atom stereocenters. The normalized spacial score (nSPS) is 20.2. The Hall–Kier alpha value is -2.55. The highest BCUT2D eigenvalue weighted by Crippen LogP contribution is 2.34. The fourth-order valence-corrected chi connectivity index (χ4v) is 5.58. The number of nitrogens with one attached hydrogen (secondary N) is 2. The molecule has 1 saturated carbocycles. The van der Waals surface area contributed by atoms with E-state index in [4.69, 9.17) is 4.98 Å². The van der Waals surface area contributed by atoms with E-state index in [0.29, 0.717) is 19.5 Å². The van der Waals surface area contributed by atoms with Gasteiger partial charge in [-0.1, -0.05) is 19.3 Å². The third-order valence-corrected chi connectivity index (χ3v) is 7.20. The minimum atomic E-state index is -0.387. The van der Waals surface area contributed by atoms with Crippen molar-refractivity contribution in [1.82, 2.24) is 25.2 Å². The number of hydrogen-bond acceptors (Lipinski definition) is 7. The molecular weight excluding hydrogens is 424 g/mol. The van der Waals surface area contributed by atoms with Gasteiger partial charge in [-0.3, -0.25) is 9.59 Å². The summed E-state index contributed by atoms with van der Waals surface area (Å²) in [5.74, 6) is 1.68. The van der Waals surface area contributed by atoms with E-state index in [1.807, 2.05) is 31.0 Å². The first kappa shape index (κ1) is 22.6. The zero-order valence-corrected chi connectivity index (χ0v) is 19.9. The molecule has 0 bridgehead atoms. The molecule has 1 aliphatic carbocycles. The lowest BCUT2D eigenvalue weighted by molar-refractivity contribution is -0.133. The topological polar surface area (TPSA) is 100 Å². The van der Waals surface area contributed by atoms with E-state index in [1.165, 1.54) is 6.42 Å². The number of thiazole rings is 1.